The normalized spacial score (nSPS) is 10.3. The van der Waals surface area contributed by atoms with Crippen molar-refractivity contribution < 1.29 is 14.6 Å². The molecule has 0 bridgehead atoms. The fraction of sp³-hybridized carbons (Fsp3) is 0.188. The Balaban J connectivity index is 2.32. The van der Waals surface area contributed by atoms with Gasteiger partial charge in [-0.15, -0.1) is 0 Å². The lowest BCUT2D eigenvalue weighted by molar-refractivity contribution is 0.0696. The number of rotatable bonds is 3. The Bertz CT molecular complexity index is 630. The molecule has 0 saturated heterocycles. The van der Waals surface area contributed by atoms with Crippen LogP contribution in [0.1, 0.15) is 27.0 Å². The lowest BCUT2D eigenvalue weighted by atomic mass is 10.1. The predicted molar refractivity (Wildman–Crippen MR) is 74.1 cm³/mol. The summed E-state index contributed by atoms with van der Waals surface area (Å²) in [5.41, 5.74) is 3.24. The molecule has 0 radical (unpaired) electrons. The summed E-state index contributed by atoms with van der Waals surface area (Å²) in [6.07, 6.45) is 0. The fourth-order valence-electron chi connectivity index (χ4n) is 1.90. The molecular weight excluding hydrogens is 240 g/mol. The lowest BCUT2D eigenvalue weighted by Crippen LogP contribution is -1.99. The minimum absolute atomic E-state index is 0.299. The largest absolute Gasteiger partial charge is 0.478 e. The molecule has 0 aromatic heterocycles. The van der Waals surface area contributed by atoms with Gasteiger partial charge in [-0.2, -0.15) is 0 Å². The number of aryl methyl sites for hydroxylation is 2. The van der Waals surface area contributed by atoms with Crippen LogP contribution in [0.15, 0.2) is 36.4 Å². The van der Waals surface area contributed by atoms with E-state index < -0.39 is 5.97 Å². The average Bonchev–Trinajstić information content (AvgIpc) is 2.34. The second-order valence-corrected chi connectivity index (χ2v) is 4.58. The molecule has 3 heteroatoms. The molecule has 19 heavy (non-hydrogen) atoms. The maximum atomic E-state index is 10.9. The van der Waals surface area contributed by atoms with E-state index in [1.54, 1.807) is 25.1 Å². The quantitative estimate of drug-likeness (QED) is 0.899. The average molecular weight is 256 g/mol. The third-order valence-electron chi connectivity index (χ3n) is 3.21. The number of aromatic carboxylic acids is 1. The summed E-state index contributed by atoms with van der Waals surface area (Å²) in [6, 6.07) is 10.9. The number of ether oxygens (including phenoxy) is 1. The topological polar surface area (TPSA) is 46.5 Å². The Kier molecular flexibility index (Phi) is 3.56. The zero-order valence-electron chi connectivity index (χ0n) is 11.2. The van der Waals surface area contributed by atoms with Crippen molar-refractivity contribution in [1.29, 1.82) is 0 Å². The minimum Gasteiger partial charge on any atom is -0.478 e. The molecule has 0 aliphatic heterocycles. The van der Waals surface area contributed by atoms with Crippen LogP contribution in [0.5, 0.6) is 11.5 Å². The summed E-state index contributed by atoms with van der Waals surface area (Å²) >= 11 is 0. The molecule has 2 aromatic rings. The van der Waals surface area contributed by atoms with Gasteiger partial charge in [0, 0.05) is 0 Å². The van der Waals surface area contributed by atoms with E-state index in [1.165, 1.54) is 0 Å². The minimum atomic E-state index is -0.921. The smallest absolute Gasteiger partial charge is 0.335 e. The summed E-state index contributed by atoms with van der Waals surface area (Å²) in [6.45, 7) is 5.80. The van der Waals surface area contributed by atoms with Crippen LogP contribution in [0.3, 0.4) is 0 Å². The van der Waals surface area contributed by atoms with Gasteiger partial charge in [-0.25, -0.2) is 4.79 Å². The number of benzene rings is 2. The number of hydrogen-bond donors (Lipinski definition) is 1. The van der Waals surface area contributed by atoms with Crippen LogP contribution in [-0.4, -0.2) is 11.1 Å². The predicted octanol–water partition coefficient (Wildman–Crippen LogP) is 4.10. The second-order valence-electron chi connectivity index (χ2n) is 4.58. The van der Waals surface area contributed by atoms with Gasteiger partial charge in [0.1, 0.15) is 11.5 Å². The molecule has 0 fully saturated rings. The highest BCUT2D eigenvalue weighted by Gasteiger charge is 2.09. The van der Waals surface area contributed by atoms with Crippen molar-refractivity contribution in [3.8, 4) is 11.5 Å². The standard InChI is InChI=1S/C16H16O3/c1-10-5-4-6-15(12(10)3)19-13-7-8-14(16(17)18)11(2)9-13/h4-9H,1-3H3,(H,17,18). The van der Waals surface area contributed by atoms with Crippen LogP contribution in [0, 0.1) is 20.8 Å². The van der Waals surface area contributed by atoms with Crippen molar-refractivity contribution in [2.75, 3.05) is 0 Å². The number of carboxylic acids is 1. The SMILES string of the molecule is Cc1cc(Oc2cccc(C)c2C)ccc1C(=O)O. The zero-order chi connectivity index (χ0) is 14.0. The van der Waals surface area contributed by atoms with E-state index in [-0.39, 0.29) is 0 Å². The van der Waals surface area contributed by atoms with Crippen molar-refractivity contribution in [2.45, 2.75) is 20.8 Å². The Hall–Kier alpha value is -2.29. The fourth-order valence-corrected chi connectivity index (χ4v) is 1.90. The maximum absolute atomic E-state index is 10.9. The summed E-state index contributed by atoms with van der Waals surface area (Å²) in [7, 11) is 0. The number of carboxylic acid groups (broad SMARTS) is 1. The van der Waals surface area contributed by atoms with Gasteiger partial charge in [0.2, 0.25) is 0 Å². The number of carbonyl (C=O) groups is 1. The molecule has 98 valence electrons. The Labute approximate surface area is 112 Å². The summed E-state index contributed by atoms with van der Waals surface area (Å²) in [5, 5.41) is 8.99. The van der Waals surface area contributed by atoms with Crippen molar-refractivity contribution >= 4 is 5.97 Å². The summed E-state index contributed by atoms with van der Waals surface area (Å²) in [5.74, 6) is 0.523. The molecule has 0 aliphatic carbocycles. The van der Waals surface area contributed by atoms with Crippen molar-refractivity contribution in [3.05, 3.63) is 58.7 Å². The van der Waals surface area contributed by atoms with E-state index in [0.717, 1.165) is 16.9 Å². The van der Waals surface area contributed by atoms with E-state index in [0.29, 0.717) is 16.9 Å². The van der Waals surface area contributed by atoms with Crippen LogP contribution >= 0.6 is 0 Å². The Morgan fingerprint density at radius 3 is 2.42 bits per heavy atom. The van der Waals surface area contributed by atoms with Crippen molar-refractivity contribution in [3.63, 3.8) is 0 Å². The molecule has 0 saturated carbocycles. The summed E-state index contributed by atoms with van der Waals surface area (Å²) in [4.78, 5) is 10.9. The molecule has 1 N–H and O–H groups in total. The molecule has 2 aromatic carbocycles. The van der Waals surface area contributed by atoms with Crippen LogP contribution in [0.4, 0.5) is 0 Å². The molecule has 2 rings (SSSR count). The van der Waals surface area contributed by atoms with Gasteiger partial charge in [-0.3, -0.25) is 0 Å². The molecule has 3 nitrogen and oxygen atoms in total. The highest BCUT2D eigenvalue weighted by atomic mass is 16.5. The highest BCUT2D eigenvalue weighted by molar-refractivity contribution is 5.89. The first-order chi connectivity index (χ1) is 8.99. The first-order valence-electron chi connectivity index (χ1n) is 6.07. The van der Waals surface area contributed by atoms with Gasteiger partial charge in [-0.05, 0) is 61.7 Å². The van der Waals surface area contributed by atoms with Crippen LogP contribution in [-0.2, 0) is 0 Å². The van der Waals surface area contributed by atoms with Gasteiger partial charge in [0.05, 0.1) is 5.56 Å². The lowest BCUT2D eigenvalue weighted by Gasteiger charge is -2.11. The first-order valence-corrected chi connectivity index (χ1v) is 6.07. The van der Waals surface area contributed by atoms with E-state index in [4.69, 9.17) is 9.84 Å². The summed E-state index contributed by atoms with van der Waals surface area (Å²) < 4.78 is 5.81. The third kappa shape index (κ3) is 2.76. The molecular formula is C16H16O3. The van der Waals surface area contributed by atoms with Gasteiger partial charge >= 0.3 is 5.97 Å². The first kappa shape index (κ1) is 13.1. The molecule has 0 spiro atoms. The monoisotopic (exact) mass is 256 g/mol. The van der Waals surface area contributed by atoms with Gasteiger partial charge in [0.15, 0.2) is 0 Å². The molecule has 0 atom stereocenters. The van der Waals surface area contributed by atoms with E-state index in [2.05, 4.69) is 0 Å². The Morgan fingerprint density at radius 2 is 1.79 bits per heavy atom. The van der Waals surface area contributed by atoms with E-state index >= 15 is 0 Å². The van der Waals surface area contributed by atoms with Crippen LogP contribution in [0.2, 0.25) is 0 Å². The van der Waals surface area contributed by atoms with Gasteiger partial charge in [-0.1, -0.05) is 12.1 Å². The third-order valence-corrected chi connectivity index (χ3v) is 3.21. The molecule has 0 unspecified atom stereocenters. The van der Waals surface area contributed by atoms with Crippen molar-refractivity contribution in [2.24, 2.45) is 0 Å². The van der Waals surface area contributed by atoms with Gasteiger partial charge in [0.25, 0.3) is 0 Å². The highest BCUT2D eigenvalue weighted by Crippen LogP contribution is 2.28. The van der Waals surface area contributed by atoms with Gasteiger partial charge < -0.3 is 9.84 Å². The Morgan fingerprint density at radius 1 is 1.05 bits per heavy atom. The second kappa shape index (κ2) is 5.14. The van der Waals surface area contributed by atoms with E-state index in [1.807, 2.05) is 32.0 Å². The zero-order valence-corrected chi connectivity index (χ0v) is 11.2. The van der Waals surface area contributed by atoms with Crippen LogP contribution < -0.4 is 4.74 Å². The maximum Gasteiger partial charge on any atom is 0.335 e. The number of hydrogen-bond acceptors (Lipinski definition) is 2. The molecule has 0 amide bonds. The van der Waals surface area contributed by atoms with Crippen molar-refractivity contribution in [1.82, 2.24) is 0 Å². The van der Waals surface area contributed by atoms with E-state index in [9.17, 15) is 4.79 Å². The molecule has 0 aliphatic rings. The van der Waals surface area contributed by atoms with Crippen LogP contribution in [0.25, 0.3) is 0 Å². The molecule has 0 heterocycles.